The predicted octanol–water partition coefficient (Wildman–Crippen LogP) is 4.20. The van der Waals surface area contributed by atoms with Crippen LogP contribution in [-0.4, -0.2) is 9.78 Å². The zero-order valence-corrected chi connectivity index (χ0v) is 12.7. The summed E-state index contributed by atoms with van der Waals surface area (Å²) in [6.07, 6.45) is 8.43. The SMILES string of the molecule is Nc1cccc(Cl)c1OCc1ccn(C2CCCCC2)n1. The molecule has 1 aromatic carbocycles. The third-order valence-corrected chi connectivity index (χ3v) is 4.27. The highest BCUT2D eigenvalue weighted by molar-refractivity contribution is 6.32. The van der Waals surface area contributed by atoms with Crippen molar-refractivity contribution < 1.29 is 4.74 Å². The Hall–Kier alpha value is -1.68. The van der Waals surface area contributed by atoms with Gasteiger partial charge in [0.15, 0.2) is 5.75 Å². The van der Waals surface area contributed by atoms with Gasteiger partial charge in [0.2, 0.25) is 0 Å². The summed E-state index contributed by atoms with van der Waals surface area (Å²) in [6, 6.07) is 7.90. The highest BCUT2D eigenvalue weighted by Crippen LogP contribution is 2.31. The number of para-hydroxylation sites is 1. The van der Waals surface area contributed by atoms with E-state index in [1.54, 1.807) is 12.1 Å². The summed E-state index contributed by atoms with van der Waals surface area (Å²) in [4.78, 5) is 0. The quantitative estimate of drug-likeness (QED) is 0.861. The Morgan fingerprint density at radius 2 is 2.05 bits per heavy atom. The van der Waals surface area contributed by atoms with Gasteiger partial charge in [-0.25, -0.2) is 0 Å². The van der Waals surface area contributed by atoms with Gasteiger partial charge in [-0.1, -0.05) is 36.9 Å². The normalized spacial score (nSPS) is 16.0. The standard InChI is InChI=1S/C16H20ClN3O/c17-14-7-4-8-15(18)16(14)21-11-12-9-10-20(19-12)13-5-2-1-3-6-13/h4,7-10,13H,1-3,5-6,11,18H2. The van der Waals surface area contributed by atoms with Crippen molar-refractivity contribution in [3.8, 4) is 5.75 Å². The monoisotopic (exact) mass is 305 g/mol. The first-order valence-electron chi connectivity index (χ1n) is 7.45. The first-order valence-corrected chi connectivity index (χ1v) is 7.82. The molecule has 21 heavy (non-hydrogen) atoms. The lowest BCUT2D eigenvalue weighted by molar-refractivity contribution is 0.292. The highest BCUT2D eigenvalue weighted by atomic mass is 35.5. The third kappa shape index (κ3) is 3.32. The molecular formula is C16H20ClN3O. The Morgan fingerprint density at radius 1 is 1.24 bits per heavy atom. The Balaban J connectivity index is 1.64. The minimum absolute atomic E-state index is 0.383. The van der Waals surface area contributed by atoms with Crippen molar-refractivity contribution in [1.82, 2.24) is 9.78 Å². The van der Waals surface area contributed by atoms with Crippen LogP contribution in [0.1, 0.15) is 43.8 Å². The van der Waals surface area contributed by atoms with E-state index in [1.165, 1.54) is 32.1 Å². The third-order valence-electron chi connectivity index (χ3n) is 3.97. The lowest BCUT2D eigenvalue weighted by Gasteiger charge is -2.21. The molecule has 1 aromatic heterocycles. The Bertz CT molecular complexity index is 585. The second-order valence-corrected chi connectivity index (χ2v) is 5.93. The number of hydrogen-bond acceptors (Lipinski definition) is 3. The van der Waals surface area contributed by atoms with E-state index in [9.17, 15) is 0 Å². The van der Waals surface area contributed by atoms with Gasteiger partial charge in [0, 0.05) is 6.20 Å². The van der Waals surface area contributed by atoms with Crippen LogP contribution in [0.3, 0.4) is 0 Å². The van der Waals surface area contributed by atoms with Crippen molar-refractivity contribution >= 4 is 17.3 Å². The van der Waals surface area contributed by atoms with Gasteiger partial charge < -0.3 is 10.5 Å². The summed E-state index contributed by atoms with van der Waals surface area (Å²) in [5.74, 6) is 0.534. The van der Waals surface area contributed by atoms with E-state index in [0.29, 0.717) is 29.1 Å². The van der Waals surface area contributed by atoms with E-state index in [0.717, 1.165) is 5.69 Å². The zero-order valence-electron chi connectivity index (χ0n) is 12.0. The molecule has 1 fully saturated rings. The number of hydrogen-bond donors (Lipinski definition) is 1. The molecule has 0 unspecified atom stereocenters. The van der Waals surface area contributed by atoms with Gasteiger partial charge in [0.25, 0.3) is 0 Å². The average Bonchev–Trinajstić information content (AvgIpc) is 2.97. The smallest absolute Gasteiger partial charge is 0.161 e. The van der Waals surface area contributed by atoms with E-state index < -0.39 is 0 Å². The van der Waals surface area contributed by atoms with Crippen molar-refractivity contribution in [3.63, 3.8) is 0 Å². The van der Waals surface area contributed by atoms with Crippen molar-refractivity contribution in [2.24, 2.45) is 0 Å². The molecule has 0 atom stereocenters. The average molecular weight is 306 g/mol. The molecule has 0 saturated heterocycles. The van der Waals surface area contributed by atoms with Crippen LogP contribution in [0, 0.1) is 0 Å². The number of ether oxygens (including phenoxy) is 1. The molecule has 1 aliphatic carbocycles. The maximum atomic E-state index is 6.09. The molecule has 2 aromatic rings. The van der Waals surface area contributed by atoms with Gasteiger partial charge in [-0.3, -0.25) is 4.68 Å². The fourth-order valence-electron chi connectivity index (χ4n) is 2.83. The van der Waals surface area contributed by atoms with E-state index >= 15 is 0 Å². The molecule has 1 heterocycles. The molecule has 0 amide bonds. The number of anilines is 1. The van der Waals surface area contributed by atoms with Crippen LogP contribution in [0.5, 0.6) is 5.75 Å². The van der Waals surface area contributed by atoms with Crippen LogP contribution in [0.2, 0.25) is 5.02 Å². The second kappa shape index (κ2) is 6.39. The largest absolute Gasteiger partial charge is 0.483 e. The Labute approximate surface area is 129 Å². The molecular weight excluding hydrogens is 286 g/mol. The van der Waals surface area contributed by atoms with Gasteiger partial charge in [-0.15, -0.1) is 0 Å². The van der Waals surface area contributed by atoms with Crippen molar-refractivity contribution in [2.45, 2.75) is 44.8 Å². The zero-order chi connectivity index (χ0) is 14.7. The topological polar surface area (TPSA) is 53.1 Å². The van der Waals surface area contributed by atoms with E-state index in [1.807, 2.05) is 18.3 Å². The number of aromatic nitrogens is 2. The van der Waals surface area contributed by atoms with Crippen LogP contribution in [0.25, 0.3) is 0 Å². The fraction of sp³-hybridized carbons (Fsp3) is 0.438. The first kappa shape index (κ1) is 14.3. The molecule has 2 N–H and O–H groups in total. The lowest BCUT2D eigenvalue weighted by atomic mass is 9.96. The van der Waals surface area contributed by atoms with Crippen molar-refractivity contribution in [1.29, 1.82) is 0 Å². The van der Waals surface area contributed by atoms with Gasteiger partial charge in [0.1, 0.15) is 6.61 Å². The van der Waals surface area contributed by atoms with Crippen molar-refractivity contribution in [3.05, 3.63) is 41.2 Å². The molecule has 0 spiro atoms. The molecule has 1 saturated carbocycles. The van der Waals surface area contributed by atoms with E-state index in [4.69, 9.17) is 22.1 Å². The molecule has 5 heteroatoms. The number of nitrogens with two attached hydrogens (primary N) is 1. The number of benzene rings is 1. The van der Waals surface area contributed by atoms with Gasteiger partial charge >= 0.3 is 0 Å². The predicted molar refractivity (Wildman–Crippen MR) is 84.5 cm³/mol. The number of nitrogen functional groups attached to an aromatic ring is 1. The van der Waals surface area contributed by atoms with Crippen LogP contribution in [-0.2, 0) is 6.61 Å². The van der Waals surface area contributed by atoms with Crippen LogP contribution in [0.15, 0.2) is 30.5 Å². The van der Waals surface area contributed by atoms with E-state index in [2.05, 4.69) is 9.78 Å². The Morgan fingerprint density at radius 3 is 2.81 bits per heavy atom. The number of nitrogens with zero attached hydrogens (tertiary/aromatic N) is 2. The first-order chi connectivity index (χ1) is 10.2. The maximum Gasteiger partial charge on any atom is 0.161 e. The number of halogens is 1. The second-order valence-electron chi connectivity index (χ2n) is 5.53. The van der Waals surface area contributed by atoms with Crippen LogP contribution < -0.4 is 10.5 Å². The fourth-order valence-corrected chi connectivity index (χ4v) is 3.06. The summed E-state index contributed by atoms with van der Waals surface area (Å²) in [5.41, 5.74) is 7.33. The highest BCUT2D eigenvalue weighted by Gasteiger charge is 2.16. The summed E-state index contributed by atoms with van der Waals surface area (Å²) in [7, 11) is 0. The summed E-state index contributed by atoms with van der Waals surface area (Å²) >= 11 is 6.09. The minimum atomic E-state index is 0.383. The lowest BCUT2D eigenvalue weighted by Crippen LogP contribution is -2.13. The molecule has 0 radical (unpaired) electrons. The van der Waals surface area contributed by atoms with Crippen molar-refractivity contribution in [2.75, 3.05) is 5.73 Å². The molecule has 3 rings (SSSR count). The molecule has 1 aliphatic rings. The summed E-state index contributed by atoms with van der Waals surface area (Å²) in [6.45, 7) is 0.383. The Kier molecular flexibility index (Phi) is 4.34. The molecule has 0 bridgehead atoms. The molecule has 4 nitrogen and oxygen atoms in total. The molecule has 112 valence electrons. The van der Waals surface area contributed by atoms with Crippen LogP contribution >= 0.6 is 11.6 Å². The summed E-state index contributed by atoms with van der Waals surface area (Å²) < 4.78 is 7.80. The van der Waals surface area contributed by atoms with Gasteiger partial charge in [-0.05, 0) is 31.0 Å². The summed E-state index contributed by atoms with van der Waals surface area (Å²) in [5, 5.41) is 5.15. The minimum Gasteiger partial charge on any atom is -0.483 e. The molecule has 0 aliphatic heterocycles. The van der Waals surface area contributed by atoms with Gasteiger partial charge in [0.05, 0.1) is 22.4 Å². The number of rotatable bonds is 4. The maximum absolute atomic E-state index is 6.09. The van der Waals surface area contributed by atoms with Gasteiger partial charge in [-0.2, -0.15) is 5.10 Å². The van der Waals surface area contributed by atoms with E-state index in [-0.39, 0.29) is 0 Å². The van der Waals surface area contributed by atoms with Crippen LogP contribution in [0.4, 0.5) is 5.69 Å².